The smallest absolute Gasteiger partial charge is 0.315 e. The van der Waals surface area contributed by atoms with E-state index in [4.69, 9.17) is 16.0 Å². The van der Waals surface area contributed by atoms with Gasteiger partial charge in [0.1, 0.15) is 5.76 Å². The molecule has 2 aromatic rings. The maximum absolute atomic E-state index is 11.9. The third-order valence-electron chi connectivity index (χ3n) is 3.32. The summed E-state index contributed by atoms with van der Waals surface area (Å²) in [5, 5.41) is 6.35. The van der Waals surface area contributed by atoms with Gasteiger partial charge in [-0.25, -0.2) is 4.79 Å². The topological polar surface area (TPSA) is 57.5 Å². The second kappa shape index (κ2) is 7.87. The number of nitrogens with zero attached hydrogens (tertiary/aromatic N) is 1. The number of likely N-dealkylation sites (N-methyl/N-ethyl adjacent to an activating group) is 1. The lowest BCUT2D eigenvalue weighted by atomic mass is 10.2. The zero-order valence-corrected chi connectivity index (χ0v) is 13.4. The summed E-state index contributed by atoms with van der Waals surface area (Å²) in [5.74, 6) is 0.822. The van der Waals surface area contributed by atoms with Gasteiger partial charge in [0.15, 0.2) is 0 Å². The number of nitrogens with one attached hydrogen (secondary N) is 2. The van der Waals surface area contributed by atoms with Gasteiger partial charge in [-0.1, -0.05) is 23.7 Å². The predicted molar refractivity (Wildman–Crippen MR) is 86.8 cm³/mol. The van der Waals surface area contributed by atoms with Gasteiger partial charge in [-0.15, -0.1) is 0 Å². The zero-order chi connectivity index (χ0) is 15.9. The Balaban J connectivity index is 1.80. The summed E-state index contributed by atoms with van der Waals surface area (Å²) in [6.45, 7) is 0.920. The molecule has 1 aromatic carbocycles. The van der Waals surface area contributed by atoms with Crippen LogP contribution >= 0.6 is 11.6 Å². The monoisotopic (exact) mass is 321 g/mol. The van der Waals surface area contributed by atoms with E-state index in [0.717, 1.165) is 11.3 Å². The molecule has 1 aromatic heterocycles. The second-order valence-corrected chi connectivity index (χ2v) is 5.62. The molecule has 2 amide bonds. The van der Waals surface area contributed by atoms with Crippen molar-refractivity contribution in [3.63, 3.8) is 0 Å². The van der Waals surface area contributed by atoms with Crippen LogP contribution in [0.15, 0.2) is 47.1 Å². The molecule has 5 nitrogen and oxygen atoms in total. The molecule has 6 heteroatoms. The summed E-state index contributed by atoms with van der Waals surface area (Å²) >= 11 is 5.82. The van der Waals surface area contributed by atoms with Crippen LogP contribution < -0.4 is 10.6 Å². The van der Waals surface area contributed by atoms with E-state index in [2.05, 4.69) is 10.6 Å². The van der Waals surface area contributed by atoms with E-state index < -0.39 is 0 Å². The maximum Gasteiger partial charge on any atom is 0.315 e. The summed E-state index contributed by atoms with van der Waals surface area (Å²) in [6.07, 6.45) is 1.63. The summed E-state index contributed by atoms with van der Waals surface area (Å²) in [7, 11) is 3.89. The molecule has 0 fully saturated rings. The summed E-state index contributed by atoms with van der Waals surface area (Å²) in [5.41, 5.74) is 0.995. The molecule has 0 radical (unpaired) electrons. The van der Waals surface area contributed by atoms with Crippen LogP contribution in [0.4, 0.5) is 4.79 Å². The van der Waals surface area contributed by atoms with Crippen molar-refractivity contribution >= 4 is 17.6 Å². The Morgan fingerprint density at radius 1 is 1.23 bits per heavy atom. The lowest BCUT2D eigenvalue weighted by Gasteiger charge is -2.22. The fourth-order valence-electron chi connectivity index (χ4n) is 2.05. The SMILES string of the molecule is CN(C)C(CNC(=O)NCc1ccc(Cl)cc1)c1ccco1. The van der Waals surface area contributed by atoms with Gasteiger partial charge in [0.05, 0.1) is 12.3 Å². The van der Waals surface area contributed by atoms with E-state index in [-0.39, 0.29) is 12.1 Å². The van der Waals surface area contributed by atoms with Crippen molar-refractivity contribution in [3.8, 4) is 0 Å². The Hall–Kier alpha value is -1.98. The van der Waals surface area contributed by atoms with Crippen molar-refractivity contribution in [2.24, 2.45) is 0 Å². The molecule has 22 heavy (non-hydrogen) atoms. The molecule has 0 bridgehead atoms. The molecule has 1 atom stereocenters. The largest absolute Gasteiger partial charge is 0.468 e. The number of carbonyl (C=O) groups is 1. The summed E-state index contributed by atoms with van der Waals surface area (Å²) < 4.78 is 5.40. The first kappa shape index (κ1) is 16.4. The molecule has 0 saturated carbocycles. The van der Waals surface area contributed by atoms with Crippen LogP contribution in [0.5, 0.6) is 0 Å². The molecule has 0 aliphatic heterocycles. The van der Waals surface area contributed by atoms with Crippen LogP contribution in [0.1, 0.15) is 17.4 Å². The molecule has 0 spiro atoms. The number of amides is 2. The average molecular weight is 322 g/mol. The quantitative estimate of drug-likeness (QED) is 0.860. The number of benzene rings is 1. The van der Waals surface area contributed by atoms with Gasteiger partial charge < -0.3 is 15.1 Å². The lowest BCUT2D eigenvalue weighted by molar-refractivity contribution is 0.225. The first-order valence-electron chi connectivity index (χ1n) is 7.02. The minimum atomic E-state index is -0.214. The number of rotatable bonds is 6. The van der Waals surface area contributed by atoms with Gasteiger partial charge in [-0.3, -0.25) is 4.90 Å². The minimum Gasteiger partial charge on any atom is -0.468 e. The highest BCUT2D eigenvalue weighted by atomic mass is 35.5. The van der Waals surface area contributed by atoms with Crippen molar-refractivity contribution in [1.29, 1.82) is 0 Å². The average Bonchev–Trinajstić information content (AvgIpc) is 3.00. The van der Waals surface area contributed by atoms with Crippen molar-refractivity contribution in [3.05, 3.63) is 59.0 Å². The van der Waals surface area contributed by atoms with Crippen LogP contribution in [0.25, 0.3) is 0 Å². The highest BCUT2D eigenvalue weighted by Gasteiger charge is 2.17. The standard InChI is InChI=1S/C16H20ClN3O2/c1-20(2)14(15-4-3-9-22-15)11-19-16(21)18-10-12-5-7-13(17)8-6-12/h3-9,14H,10-11H2,1-2H3,(H2,18,19,21). The highest BCUT2D eigenvalue weighted by molar-refractivity contribution is 6.30. The molecule has 1 unspecified atom stereocenters. The van der Waals surface area contributed by atoms with Crippen LogP contribution in [0, 0.1) is 0 Å². The van der Waals surface area contributed by atoms with Gasteiger partial charge in [-0.05, 0) is 43.9 Å². The number of hydrogen-bond acceptors (Lipinski definition) is 3. The zero-order valence-electron chi connectivity index (χ0n) is 12.7. The Morgan fingerprint density at radius 3 is 2.55 bits per heavy atom. The van der Waals surface area contributed by atoms with Crippen molar-refractivity contribution in [2.75, 3.05) is 20.6 Å². The van der Waals surface area contributed by atoms with Gasteiger partial charge in [0.25, 0.3) is 0 Å². The fourth-order valence-corrected chi connectivity index (χ4v) is 2.18. The van der Waals surface area contributed by atoms with Crippen molar-refractivity contribution < 1.29 is 9.21 Å². The molecule has 1 heterocycles. The van der Waals surface area contributed by atoms with Gasteiger partial charge in [-0.2, -0.15) is 0 Å². The van der Waals surface area contributed by atoms with Gasteiger partial charge in [0.2, 0.25) is 0 Å². The van der Waals surface area contributed by atoms with E-state index in [1.165, 1.54) is 0 Å². The third-order valence-corrected chi connectivity index (χ3v) is 3.57. The Morgan fingerprint density at radius 2 is 1.95 bits per heavy atom. The number of furan rings is 1. The van der Waals surface area contributed by atoms with Crippen LogP contribution in [0.3, 0.4) is 0 Å². The first-order chi connectivity index (χ1) is 10.6. The molecule has 0 aliphatic rings. The molecule has 2 N–H and O–H groups in total. The molecule has 0 aliphatic carbocycles. The van der Waals surface area contributed by atoms with E-state index in [0.29, 0.717) is 18.1 Å². The van der Waals surface area contributed by atoms with Crippen LogP contribution in [0.2, 0.25) is 5.02 Å². The number of urea groups is 1. The third kappa shape index (κ3) is 4.79. The Labute approximate surface area is 135 Å². The van der Waals surface area contributed by atoms with Crippen LogP contribution in [-0.2, 0) is 6.54 Å². The molecular formula is C16H20ClN3O2. The van der Waals surface area contributed by atoms with Gasteiger partial charge in [0, 0.05) is 18.1 Å². The van der Waals surface area contributed by atoms with Crippen molar-refractivity contribution in [1.82, 2.24) is 15.5 Å². The first-order valence-corrected chi connectivity index (χ1v) is 7.40. The summed E-state index contributed by atoms with van der Waals surface area (Å²) in [4.78, 5) is 13.9. The Bertz CT molecular complexity index is 582. The Kier molecular flexibility index (Phi) is 5.86. The lowest BCUT2D eigenvalue weighted by Crippen LogP contribution is -2.40. The maximum atomic E-state index is 11.9. The molecule has 2 rings (SSSR count). The van der Waals surface area contributed by atoms with E-state index in [1.807, 2.05) is 43.3 Å². The molecular weight excluding hydrogens is 302 g/mol. The molecule has 0 saturated heterocycles. The van der Waals surface area contributed by atoms with E-state index in [1.54, 1.807) is 18.4 Å². The molecule has 118 valence electrons. The normalized spacial score (nSPS) is 12.2. The number of hydrogen-bond donors (Lipinski definition) is 2. The van der Waals surface area contributed by atoms with Crippen LogP contribution in [-0.4, -0.2) is 31.6 Å². The second-order valence-electron chi connectivity index (χ2n) is 5.18. The summed E-state index contributed by atoms with van der Waals surface area (Å²) in [6, 6.07) is 10.9. The minimum absolute atomic E-state index is 0.00344. The van der Waals surface area contributed by atoms with E-state index >= 15 is 0 Å². The van der Waals surface area contributed by atoms with Crippen molar-refractivity contribution in [2.45, 2.75) is 12.6 Å². The van der Waals surface area contributed by atoms with E-state index in [9.17, 15) is 4.79 Å². The number of halogens is 1. The fraction of sp³-hybridized carbons (Fsp3) is 0.312. The number of carbonyl (C=O) groups excluding carboxylic acids is 1. The highest BCUT2D eigenvalue weighted by Crippen LogP contribution is 2.17. The van der Waals surface area contributed by atoms with Gasteiger partial charge >= 0.3 is 6.03 Å². The predicted octanol–water partition coefficient (Wildman–Crippen LogP) is 3.04.